The highest BCUT2D eigenvalue weighted by molar-refractivity contribution is 5.60. The minimum absolute atomic E-state index is 0.123. The first-order chi connectivity index (χ1) is 12.2. The molecule has 0 fully saturated rings. The molecule has 0 aliphatic heterocycles. The van der Waals surface area contributed by atoms with E-state index in [2.05, 4.69) is 15.3 Å². The van der Waals surface area contributed by atoms with Gasteiger partial charge in [-0.1, -0.05) is 52.8 Å². The third-order valence-electron chi connectivity index (χ3n) is 3.63. The molecule has 0 unspecified atom stereocenters. The third kappa shape index (κ3) is 3.59. The molecule has 2 aromatic carbocycles. The molecule has 1 aromatic heterocycles. The molecule has 0 saturated carbocycles. The second kappa shape index (κ2) is 7.19. The molecule has 1 heterocycles. The molecule has 0 amide bonds. The van der Waals surface area contributed by atoms with Crippen molar-refractivity contribution < 1.29 is 0 Å². The molecule has 7 nitrogen and oxygen atoms in total. The standard InChI is InChI=1S/C18H14N6O/c19-11-13-6-8-15(9-7-13)16-10-17(25)24(18(21-16)22-23-20)12-14-4-2-1-3-5-14/h1-10H,12H2,(H2,20,21,22). The number of hydrogen-bond acceptors (Lipinski definition) is 5. The van der Waals surface area contributed by atoms with E-state index >= 15 is 0 Å². The predicted molar refractivity (Wildman–Crippen MR) is 92.9 cm³/mol. The van der Waals surface area contributed by atoms with Crippen LogP contribution < -0.4 is 11.4 Å². The summed E-state index contributed by atoms with van der Waals surface area (Å²) < 4.78 is 1.40. The van der Waals surface area contributed by atoms with Crippen molar-refractivity contribution in [3.8, 4) is 17.3 Å². The van der Waals surface area contributed by atoms with Crippen LogP contribution in [0.4, 0.5) is 5.95 Å². The lowest BCUT2D eigenvalue weighted by molar-refractivity contribution is 0.730. The van der Waals surface area contributed by atoms with Gasteiger partial charge < -0.3 is 5.84 Å². The SMILES string of the molecule is N#Cc1ccc(-c2cc(=O)n(Cc3ccccc3)c(N=NN)n2)cc1. The number of benzene rings is 2. The Morgan fingerprint density at radius 3 is 2.48 bits per heavy atom. The van der Waals surface area contributed by atoms with Crippen molar-refractivity contribution in [2.24, 2.45) is 16.2 Å². The second-order valence-corrected chi connectivity index (χ2v) is 5.26. The van der Waals surface area contributed by atoms with Crippen LogP contribution in [0, 0.1) is 11.3 Å². The largest absolute Gasteiger partial charge is 0.304 e. The summed E-state index contributed by atoms with van der Waals surface area (Å²) in [6, 6.07) is 19.8. The Hall–Kier alpha value is -3.79. The fraction of sp³-hybridized carbons (Fsp3) is 0.0556. The molecule has 0 bridgehead atoms. The molecule has 0 spiro atoms. The summed E-state index contributed by atoms with van der Waals surface area (Å²) in [5.41, 5.74) is 2.35. The first-order valence-corrected chi connectivity index (χ1v) is 7.48. The van der Waals surface area contributed by atoms with Crippen LogP contribution in [0.2, 0.25) is 0 Å². The molecule has 3 rings (SSSR count). The maximum absolute atomic E-state index is 12.6. The highest BCUT2D eigenvalue weighted by atomic mass is 16.1. The summed E-state index contributed by atoms with van der Waals surface area (Å²) in [5.74, 6) is 5.29. The zero-order valence-electron chi connectivity index (χ0n) is 13.2. The summed E-state index contributed by atoms with van der Waals surface area (Å²) in [6.07, 6.45) is 0. The van der Waals surface area contributed by atoms with Gasteiger partial charge in [0.25, 0.3) is 11.5 Å². The summed E-state index contributed by atoms with van der Waals surface area (Å²) in [4.78, 5) is 16.9. The van der Waals surface area contributed by atoms with Gasteiger partial charge in [-0.15, -0.1) is 0 Å². The van der Waals surface area contributed by atoms with Gasteiger partial charge in [0.15, 0.2) is 0 Å². The molecule has 25 heavy (non-hydrogen) atoms. The van der Waals surface area contributed by atoms with Crippen molar-refractivity contribution in [2.45, 2.75) is 6.54 Å². The smallest absolute Gasteiger partial charge is 0.255 e. The Morgan fingerprint density at radius 1 is 1.12 bits per heavy atom. The van der Waals surface area contributed by atoms with E-state index in [1.165, 1.54) is 10.6 Å². The van der Waals surface area contributed by atoms with Crippen molar-refractivity contribution >= 4 is 5.95 Å². The van der Waals surface area contributed by atoms with Crippen LogP contribution in [0.1, 0.15) is 11.1 Å². The quantitative estimate of drug-likeness (QED) is 0.450. The highest BCUT2D eigenvalue weighted by Gasteiger charge is 2.11. The van der Waals surface area contributed by atoms with Gasteiger partial charge in [0.05, 0.1) is 23.9 Å². The minimum atomic E-state index is -0.263. The monoisotopic (exact) mass is 330 g/mol. The van der Waals surface area contributed by atoms with E-state index in [-0.39, 0.29) is 11.5 Å². The zero-order valence-corrected chi connectivity index (χ0v) is 13.2. The third-order valence-corrected chi connectivity index (χ3v) is 3.63. The lowest BCUT2D eigenvalue weighted by Gasteiger charge is -2.10. The van der Waals surface area contributed by atoms with E-state index in [0.29, 0.717) is 23.4 Å². The normalized spacial score (nSPS) is 10.7. The highest BCUT2D eigenvalue weighted by Crippen LogP contribution is 2.19. The number of nitrogens with zero attached hydrogens (tertiary/aromatic N) is 5. The van der Waals surface area contributed by atoms with E-state index in [1.807, 2.05) is 36.4 Å². The molecule has 0 atom stereocenters. The van der Waals surface area contributed by atoms with Gasteiger partial charge in [0, 0.05) is 11.6 Å². The van der Waals surface area contributed by atoms with Crippen molar-refractivity contribution in [1.82, 2.24) is 9.55 Å². The molecule has 3 aromatic rings. The van der Waals surface area contributed by atoms with Crippen molar-refractivity contribution in [1.29, 1.82) is 5.26 Å². The van der Waals surface area contributed by atoms with Crippen molar-refractivity contribution in [3.63, 3.8) is 0 Å². The maximum Gasteiger partial charge on any atom is 0.255 e. The van der Waals surface area contributed by atoms with Crippen LogP contribution in [0.3, 0.4) is 0 Å². The van der Waals surface area contributed by atoms with Gasteiger partial charge in [-0.25, -0.2) is 4.98 Å². The Bertz CT molecular complexity index is 1000. The van der Waals surface area contributed by atoms with Crippen LogP contribution in [0.5, 0.6) is 0 Å². The zero-order chi connectivity index (χ0) is 17.6. The van der Waals surface area contributed by atoms with E-state index in [4.69, 9.17) is 11.1 Å². The molecule has 7 heteroatoms. The summed E-state index contributed by atoms with van der Waals surface area (Å²) in [5, 5.41) is 15.9. The minimum Gasteiger partial charge on any atom is -0.304 e. The van der Waals surface area contributed by atoms with Gasteiger partial charge in [-0.2, -0.15) is 5.26 Å². The number of rotatable bonds is 4. The van der Waals surface area contributed by atoms with Crippen LogP contribution in [-0.4, -0.2) is 9.55 Å². The van der Waals surface area contributed by atoms with E-state index in [9.17, 15) is 4.79 Å². The summed E-state index contributed by atoms with van der Waals surface area (Å²) in [7, 11) is 0. The number of nitrogens with two attached hydrogens (primary N) is 1. The Balaban J connectivity index is 2.06. The Morgan fingerprint density at radius 2 is 1.84 bits per heavy atom. The molecule has 0 radical (unpaired) electrons. The molecule has 2 N–H and O–H groups in total. The van der Waals surface area contributed by atoms with Crippen molar-refractivity contribution in [2.75, 3.05) is 0 Å². The van der Waals surface area contributed by atoms with Gasteiger partial charge in [-0.3, -0.25) is 9.36 Å². The van der Waals surface area contributed by atoms with Crippen LogP contribution in [0.15, 0.2) is 75.8 Å². The van der Waals surface area contributed by atoms with Crippen molar-refractivity contribution in [3.05, 3.63) is 82.1 Å². The Kier molecular flexibility index (Phi) is 4.62. The van der Waals surface area contributed by atoms with Gasteiger partial charge in [-0.05, 0) is 17.7 Å². The second-order valence-electron chi connectivity index (χ2n) is 5.26. The molecule has 0 aliphatic rings. The van der Waals surface area contributed by atoms with Crippen LogP contribution in [-0.2, 0) is 6.54 Å². The topological polar surface area (TPSA) is 109 Å². The predicted octanol–water partition coefficient (Wildman–Crippen LogP) is 2.79. The molecule has 0 saturated heterocycles. The van der Waals surface area contributed by atoms with Gasteiger partial charge in [0.2, 0.25) is 0 Å². The summed E-state index contributed by atoms with van der Waals surface area (Å²) >= 11 is 0. The lowest BCUT2D eigenvalue weighted by Crippen LogP contribution is -2.21. The average Bonchev–Trinajstić information content (AvgIpc) is 2.65. The molecule has 0 aliphatic carbocycles. The maximum atomic E-state index is 12.6. The van der Waals surface area contributed by atoms with E-state index in [0.717, 1.165) is 5.56 Å². The fourth-order valence-corrected chi connectivity index (χ4v) is 2.40. The fourth-order valence-electron chi connectivity index (χ4n) is 2.40. The van der Waals surface area contributed by atoms with Gasteiger partial charge >= 0.3 is 0 Å². The first-order valence-electron chi connectivity index (χ1n) is 7.48. The van der Waals surface area contributed by atoms with E-state index in [1.54, 1.807) is 24.3 Å². The first kappa shape index (κ1) is 16.1. The Labute approximate surface area is 143 Å². The van der Waals surface area contributed by atoms with E-state index < -0.39 is 0 Å². The van der Waals surface area contributed by atoms with Gasteiger partial charge in [0.1, 0.15) is 0 Å². The molecular formula is C18H14N6O. The molecular weight excluding hydrogens is 316 g/mol. The number of nitriles is 1. The van der Waals surface area contributed by atoms with Crippen LogP contribution >= 0.6 is 0 Å². The average molecular weight is 330 g/mol. The van der Waals surface area contributed by atoms with Crippen LogP contribution in [0.25, 0.3) is 11.3 Å². The molecule has 122 valence electrons. The summed E-state index contributed by atoms with van der Waals surface area (Å²) in [6.45, 7) is 0.314. The number of aromatic nitrogens is 2. The number of hydrogen-bond donors (Lipinski definition) is 1. The lowest BCUT2D eigenvalue weighted by atomic mass is 10.1.